The van der Waals surface area contributed by atoms with E-state index in [1.807, 2.05) is 0 Å². The molecule has 0 unspecified atom stereocenters. The van der Waals surface area contributed by atoms with Gasteiger partial charge in [-0.3, -0.25) is 0 Å². The van der Waals surface area contributed by atoms with Gasteiger partial charge in [-0.1, -0.05) is 24.3 Å². The Morgan fingerprint density at radius 3 is 1.15 bits per heavy atom. The van der Waals surface area contributed by atoms with Gasteiger partial charge in [-0.05, 0) is 89.1 Å². The first-order valence-electron chi connectivity index (χ1n) is 12.5. The average molecular weight is 453 g/mol. The van der Waals surface area contributed by atoms with Gasteiger partial charge in [-0.15, -0.1) is 0 Å². The van der Waals surface area contributed by atoms with E-state index in [-0.39, 0.29) is 0 Å². The normalized spacial score (nSPS) is 11.1. The lowest BCUT2D eigenvalue weighted by Gasteiger charge is -2.22. The molecule has 4 aromatic rings. The molecule has 0 aliphatic rings. The summed E-state index contributed by atoms with van der Waals surface area (Å²) in [7, 11) is 0. The third-order valence-corrected chi connectivity index (χ3v) is 6.82. The number of fused-ring (bicyclic) bond motifs is 1. The second-order valence-electron chi connectivity index (χ2n) is 8.78. The zero-order chi connectivity index (χ0) is 24.2. The molecule has 0 amide bonds. The van der Waals surface area contributed by atoms with Gasteiger partial charge in [0.25, 0.3) is 0 Å². The molecule has 4 heteroatoms. The molecule has 0 aliphatic heterocycles. The molecule has 0 bridgehead atoms. The van der Waals surface area contributed by atoms with Crippen LogP contribution in [0.2, 0.25) is 0 Å². The quantitative estimate of drug-likeness (QED) is 0.281. The molecule has 3 aromatic carbocycles. The lowest BCUT2D eigenvalue weighted by atomic mass is 10.0. The molecule has 34 heavy (non-hydrogen) atoms. The van der Waals surface area contributed by atoms with Crippen molar-refractivity contribution in [3.05, 3.63) is 71.8 Å². The second-order valence-corrected chi connectivity index (χ2v) is 8.78. The van der Waals surface area contributed by atoms with E-state index < -0.39 is 0 Å². The highest BCUT2D eigenvalue weighted by atomic mass is 15.1. The first kappa shape index (κ1) is 23.7. The summed E-state index contributed by atoms with van der Waals surface area (Å²) in [5.41, 5.74) is 10.9. The number of benzene rings is 3. The fourth-order valence-corrected chi connectivity index (χ4v) is 4.55. The Hall–Kier alpha value is -3.40. The Kier molecular flexibility index (Phi) is 7.16. The van der Waals surface area contributed by atoms with Crippen molar-refractivity contribution >= 4 is 22.4 Å². The maximum absolute atomic E-state index is 5.14. The van der Waals surface area contributed by atoms with Gasteiger partial charge in [0.05, 0.1) is 22.4 Å². The van der Waals surface area contributed by atoms with Gasteiger partial charge < -0.3 is 9.80 Å². The van der Waals surface area contributed by atoms with Crippen molar-refractivity contribution in [2.45, 2.75) is 41.5 Å². The summed E-state index contributed by atoms with van der Waals surface area (Å²) < 4.78 is 0. The Morgan fingerprint density at radius 1 is 0.529 bits per heavy atom. The van der Waals surface area contributed by atoms with Gasteiger partial charge in [0, 0.05) is 48.7 Å². The van der Waals surface area contributed by atoms with E-state index in [2.05, 4.69) is 112 Å². The second kappa shape index (κ2) is 10.3. The van der Waals surface area contributed by atoms with Crippen LogP contribution >= 0.6 is 0 Å². The first-order valence-corrected chi connectivity index (χ1v) is 12.5. The smallest absolute Gasteiger partial charge is 0.0973 e. The Labute approximate surface area is 204 Å². The van der Waals surface area contributed by atoms with Gasteiger partial charge in [0.15, 0.2) is 0 Å². The van der Waals surface area contributed by atoms with E-state index >= 15 is 0 Å². The van der Waals surface area contributed by atoms with Crippen molar-refractivity contribution in [1.29, 1.82) is 0 Å². The number of hydrogen-bond acceptors (Lipinski definition) is 4. The van der Waals surface area contributed by atoms with Gasteiger partial charge in [0.1, 0.15) is 0 Å². The number of aryl methyl sites for hydroxylation is 2. The monoisotopic (exact) mass is 452 g/mol. The molecule has 0 spiro atoms. The summed E-state index contributed by atoms with van der Waals surface area (Å²) in [6.07, 6.45) is 0. The maximum atomic E-state index is 5.14. The highest BCUT2D eigenvalue weighted by molar-refractivity contribution is 5.87. The van der Waals surface area contributed by atoms with Crippen LogP contribution in [0.5, 0.6) is 0 Å². The molecule has 0 aliphatic carbocycles. The third-order valence-electron chi connectivity index (χ3n) is 6.82. The summed E-state index contributed by atoms with van der Waals surface area (Å²) in [6.45, 7) is 17.0. The number of hydrogen-bond donors (Lipinski definition) is 0. The largest absolute Gasteiger partial charge is 0.372 e. The summed E-state index contributed by atoms with van der Waals surface area (Å²) in [4.78, 5) is 15.0. The van der Waals surface area contributed by atoms with Crippen LogP contribution in [0.15, 0.2) is 60.7 Å². The van der Waals surface area contributed by atoms with Crippen LogP contribution in [0.4, 0.5) is 11.4 Å². The van der Waals surface area contributed by atoms with Crippen LogP contribution in [0.1, 0.15) is 38.8 Å². The average Bonchev–Trinajstić information content (AvgIpc) is 2.86. The van der Waals surface area contributed by atoms with Crippen LogP contribution in [-0.2, 0) is 0 Å². The van der Waals surface area contributed by atoms with E-state index in [0.29, 0.717) is 0 Å². The van der Waals surface area contributed by atoms with E-state index in [9.17, 15) is 0 Å². The molecule has 4 nitrogen and oxygen atoms in total. The minimum Gasteiger partial charge on any atom is -0.372 e. The number of rotatable bonds is 8. The lowest BCUT2D eigenvalue weighted by molar-refractivity contribution is 0.866. The Morgan fingerprint density at radius 2 is 0.853 bits per heavy atom. The summed E-state index contributed by atoms with van der Waals surface area (Å²) >= 11 is 0. The predicted octanol–water partition coefficient (Wildman–Crippen LogP) is 7.27. The highest BCUT2D eigenvalue weighted by Crippen LogP contribution is 2.33. The zero-order valence-corrected chi connectivity index (χ0v) is 21.4. The third kappa shape index (κ3) is 4.63. The van der Waals surface area contributed by atoms with Crippen molar-refractivity contribution in [3.8, 4) is 22.5 Å². The summed E-state index contributed by atoms with van der Waals surface area (Å²) in [5, 5.41) is 0. The van der Waals surface area contributed by atoms with Crippen molar-refractivity contribution in [1.82, 2.24) is 9.97 Å². The van der Waals surface area contributed by atoms with Crippen LogP contribution in [-0.4, -0.2) is 36.1 Å². The highest BCUT2D eigenvalue weighted by Gasteiger charge is 2.15. The Bertz CT molecular complexity index is 1150. The van der Waals surface area contributed by atoms with Gasteiger partial charge in [-0.25, -0.2) is 9.97 Å². The molecule has 0 N–H and O–H groups in total. The van der Waals surface area contributed by atoms with Gasteiger partial charge >= 0.3 is 0 Å². The molecule has 0 fully saturated rings. The van der Waals surface area contributed by atoms with Crippen LogP contribution in [0, 0.1) is 13.8 Å². The summed E-state index contributed by atoms with van der Waals surface area (Å²) in [6, 6.07) is 21.8. The zero-order valence-electron chi connectivity index (χ0n) is 21.4. The first-order chi connectivity index (χ1) is 16.5. The van der Waals surface area contributed by atoms with E-state index in [1.54, 1.807) is 0 Å². The minimum atomic E-state index is 0.928. The van der Waals surface area contributed by atoms with Crippen LogP contribution in [0.3, 0.4) is 0 Å². The lowest BCUT2D eigenvalue weighted by Crippen LogP contribution is -2.21. The number of aromatic nitrogens is 2. The van der Waals surface area contributed by atoms with Crippen molar-refractivity contribution in [3.63, 3.8) is 0 Å². The molecule has 1 heterocycles. The van der Waals surface area contributed by atoms with Crippen molar-refractivity contribution in [2.75, 3.05) is 36.0 Å². The van der Waals surface area contributed by atoms with Crippen molar-refractivity contribution in [2.24, 2.45) is 0 Å². The topological polar surface area (TPSA) is 32.3 Å². The van der Waals surface area contributed by atoms with Gasteiger partial charge in [-0.2, -0.15) is 0 Å². The van der Waals surface area contributed by atoms with E-state index in [0.717, 1.165) is 59.7 Å². The molecular weight excluding hydrogens is 416 g/mol. The molecule has 0 atom stereocenters. The molecule has 176 valence electrons. The molecule has 0 radical (unpaired) electrons. The standard InChI is InChI=1S/C30H36N4/c1-7-33(8-2)25-15-11-23(12-16-25)29-30(24-13-17-26(18-14-24)34(9-3)10-4)32-28-20-22(6)21(5)19-27(28)31-29/h11-20H,7-10H2,1-6H3. The Balaban J connectivity index is 1.86. The van der Waals surface area contributed by atoms with Crippen molar-refractivity contribution < 1.29 is 0 Å². The molecule has 0 saturated heterocycles. The van der Waals surface area contributed by atoms with Gasteiger partial charge in [0.2, 0.25) is 0 Å². The number of nitrogens with zero attached hydrogens (tertiary/aromatic N) is 4. The molecule has 0 saturated carbocycles. The van der Waals surface area contributed by atoms with E-state index in [1.165, 1.54) is 22.5 Å². The number of anilines is 2. The minimum absolute atomic E-state index is 0.928. The molecule has 1 aromatic heterocycles. The predicted molar refractivity (Wildman–Crippen MR) is 147 cm³/mol. The van der Waals surface area contributed by atoms with Crippen LogP contribution in [0.25, 0.3) is 33.5 Å². The maximum Gasteiger partial charge on any atom is 0.0973 e. The molecule has 4 rings (SSSR count). The molecular formula is C30H36N4. The van der Waals surface area contributed by atoms with Crippen LogP contribution < -0.4 is 9.80 Å². The fraction of sp³-hybridized carbons (Fsp3) is 0.333. The SMILES string of the molecule is CCN(CC)c1ccc(-c2nc3cc(C)c(C)cc3nc2-c2ccc(N(CC)CC)cc2)cc1. The summed E-state index contributed by atoms with van der Waals surface area (Å²) in [5.74, 6) is 0. The van der Waals surface area contributed by atoms with E-state index in [4.69, 9.17) is 9.97 Å². The fourth-order valence-electron chi connectivity index (χ4n) is 4.55.